The molecule has 0 fully saturated rings. The highest BCUT2D eigenvalue weighted by atomic mass is 35.5. The van der Waals surface area contributed by atoms with Crippen LogP contribution in [0.5, 0.6) is 5.75 Å². The first-order chi connectivity index (χ1) is 9.85. The molecule has 0 aliphatic rings. The lowest BCUT2D eigenvalue weighted by Crippen LogP contribution is -2.35. The van der Waals surface area contributed by atoms with Crippen molar-refractivity contribution in [2.24, 2.45) is 0 Å². The van der Waals surface area contributed by atoms with Gasteiger partial charge in [-0.05, 0) is 33.8 Å². The number of hydrogen-bond donors (Lipinski definition) is 1. The zero-order valence-electron chi connectivity index (χ0n) is 12.9. The topological polar surface area (TPSA) is 47.3 Å². The smallest absolute Gasteiger partial charge is 0.142 e. The van der Waals surface area contributed by atoms with Crippen LogP contribution in [0.4, 0.5) is 0 Å². The number of aryl methyl sites for hydroxylation is 1. The molecule has 0 aliphatic heterocycles. The molecule has 0 aliphatic carbocycles. The van der Waals surface area contributed by atoms with Crippen LogP contribution >= 0.6 is 11.6 Å². The van der Waals surface area contributed by atoms with Crippen LogP contribution in [-0.2, 0) is 13.2 Å². The van der Waals surface area contributed by atoms with E-state index in [0.717, 1.165) is 17.0 Å². The molecule has 0 saturated heterocycles. The van der Waals surface area contributed by atoms with E-state index in [9.17, 15) is 0 Å². The summed E-state index contributed by atoms with van der Waals surface area (Å²) in [5, 5.41) is 7.95. The minimum absolute atomic E-state index is 0.0306. The molecule has 5 heteroatoms. The van der Waals surface area contributed by atoms with Gasteiger partial charge in [0.15, 0.2) is 0 Å². The fraction of sp³-hybridized carbons (Fsp3) is 0.438. The highest BCUT2D eigenvalue weighted by molar-refractivity contribution is 6.32. The predicted octanol–water partition coefficient (Wildman–Crippen LogP) is 4.10. The molecule has 0 amide bonds. The molecule has 0 spiro atoms. The van der Waals surface area contributed by atoms with Gasteiger partial charge in [-0.3, -0.25) is 0 Å². The summed E-state index contributed by atoms with van der Waals surface area (Å²) in [6.07, 6.45) is 0. The molecular formula is C16H21ClN2O2. The maximum atomic E-state index is 6.25. The van der Waals surface area contributed by atoms with E-state index in [1.165, 1.54) is 0 Å². The molecule has 0 saturated carbocycles. The van der Waals surface area contributed by atoms with E-state index in [0.29, 0.717) is 23.9 Å². The van der Waals surface area contributed by atoms with Gasteiger partial charge in [0, 0.05) is 23.7 Å². The normalized spacial score (nSPS) is 11.7. The molecule has 0 radical (unpaired) electrons. The first-order valence-electron chi connectivity index (χ1n) is 6.92. The van der Waals surface area contributed by atoms with Crippen molar-refractivity contribution in [1.29, 1.82) is 0 Å². The maximum absolute atomic E-state index is 6.25. The molecule has 4 nitrogen and oxygen atoms in total. The summed E-state index contributed by atoms with van der Waals surface area (Å²) in [5.74, 6) is 1.46. The summed E-state index contributed by atoms with van der Waals surface area (Å²) in [5.41, 5.74) is 1.81. The van der Waals surface area contributed by atoms with Gasteiger partial charge < -0.3 is 14.6 Å². The second-order valence-corrected chi connectivity index (χ2v) is 6.46. The summed E-state index contributed by atoms with van der Waals surface area (Å²) >= 11 is 6.25. The average Bonchev–Trinajstić information content (AvgIpc) is 2.80. The Labute approximate surface area is 130 Å². The Balaban J connectivity index is 2.10. The first-order valence-corrected chi connectivity index (χ1v) is 7.30. The molecule has 1 heterocycles. The molecule has 114 valence electrons. The van der Waals surface area contributed by atoms with Crippen LogP contribution in [0, 0.1) is 6.92 Å². The fourth-order valence-corrected chi connectivity index (χ4v) is 2.10. The molecule has 1 aromatic carbocycles. The summed E-state index contributed by atoms with van der Waals surface area (Å²) in [6.45, 7) is 9.24. The number of benzene rings is 1. The van der Waals surface area contributed by atoms with E-state index in [2.05, 4.69) is 31.2 Å². The van der Waals surface area contributed by atoms with Crippen LogP contribution in [0.2, 0.25) is 5.02 Å². The number of ether oxygens (including phenoxy) is 1. The van der Waals surface area contributed by atoms with Crippen molar-refractivity contribution in [3.8, 4) is 5.75 Å². The van der Waals surface area contributed by atoms with E-state index in [4.69, 9.17) is 20.9 Å². The van der Waals surface area contributed by atoms with Crippen LogP contribution in [0.3, 0.4) is 0 Å². The number of para-hydroxylation sites is 1. The third-order valence-corrected chi connectivity index (χ3v) is 3.20. The van der Waals surface area contributed by atoms with E-state index in [1.54, 1.807) is 0 Å². The van der Waals surface area contributed by atoms with Gasteiger partial charge in [0.1, 0.15) is 23.8 Å². The Morgan fingerprint density at radius 2 is 2.10 bits per heavy atom. The van der Waals surface area contributed by atoms with Crippen molar-refractivity contribution in [3.63, 3.8) is 0 Å². The average molecular weight is 309 g/mol. The van der Waals surface area contributed by atoms with E-state index < -0.39 is 0 Å². The standard InChI is InChI=1S/C16H21ClN2O2/c1-11-8-13(19-21-11)10-20-15-12(6-5-7-14(15)17)9-18-16(2,3)4/h5-8,18H,9-10H2,1-4H3. The number of hydrogen-bond acceptors (Lipinski definition) is 4. The van der Waals surface area contributed by atoms with Crippen molar-refractivity contribution in [2.75, 3.05) is 0 Å². The van der Waals surface area contributed by atoms with Crippen molar-refractivity contribution in [1.82, 2.24) is 10.5 Å². The fourth-order valence-electron chi connectivity index (χ4n) is 1.85. The second kappa shape index (κ2) is 6.50. The van der Waals surface area contributed by atoms with Crippen LogP contribution in [0.1, 0.15) is 37.8 Å². The summed E-state index contributed by atoms with van der Waals surface area (Å²) in [6, 6.07) is 7.61. The maximum Gasteiger partial charge on any atom is 0.142 e. The van der Waals surface area contributed by atoms with Crippen LogP contribution < -0.4 is 10.1 Å². The van der Waals surface area contributed by atoms with Crippen LogP contribution in [-0.4, -0.2) is 10.7 Å². The van der Waals surface area contributed by atoms with Crippen molar-refractivity contribution in [2.45, 2.75) is 46.4 Å². The summed E-state index contributed by atoms with van der Waals surface area (Å²) < 4.78 is 10.9. The van der Waals surface area contributed by atoms with Gasteiger partial charge in [-0.1, -0.05) is 28.9 Å². The molecule has 2 aromatic rings. The summed E-state index contributed by atoms with van der Waals surface area (Å²) in [7, 11) is 0. The lowest BCUT2D eigenvalue weighted by Gasteiger charge is -2.22. The number of nitrogens with zero attached hydrogens (tertiary/aromatic N) is 1. The Morgan fingerprint density at radius 3 is 2.71 bits per heavy atom. The van der Waals surface area contributed by atoms with Gasteiger partial charge in [-0.25, -0.2) is 0 Å². The molecule has 1 aromatic heterocycles. The number of halogens is 1. The van der Waals surface area contributed by atoms with Gasteiger partial charge in [0.05, 0.1) is 5.02 Å². The van der Waals surface area contributed by atoms with Crippen molar-refractivity contribution in [3.05, 3.63) is 46.3 Å². The molecule has 0 atom stereocenters. The molecular weight excluding hydrogens is 288 g/mol. The van der Waals surface area contributed by atoms with E-state index in [-0.39, 0.29) is 5.54 Å². The third-order valence-electron chi connectivity index (χ3n) is 2.90. The quantitative estimate of drug-likeness (QED) is 0.903. The SMILES string of the molecule is Cc1cc(COc2c(Cl)cccc2CNC(C)(C)C)no1. The van der Waals surface area contributed by atoms with Gasteiger partial charge in [0.25, 0.3) is 0 Å². The Kier molecular flexibility index (Phi) is 4.91. The minimum atomic E-state index is 0.0306. The minimum Gasteiger partial charge on any atom is -0.485 e. The van der Waals surface area contributed by atoms with Gasteiger partial charge >= 0.3 is 0 Å². The van der Waals surface area contributed by atoms with Crippen LogP contribution in [0.15, 0.2) is 28.8 Å². The van der Waals surface area contributed by atoms with Gasteiger partial charge in [0.2, 0.25) is 0 Å². The second-order valence-electron chi connectivity index (χ2n) is 6.05. The monoisotopic (exact) mass is 308 g/mol. The van der Waals surface area contributed by atoms with Crippen molar-refractivity contribution < 1.29 is 9.26 Å². The number of nitrogens with one attached hydrogen (secondary N) is 1. The molecule has 0 unspecified atom stereocenters. The highest BCUT2D eigenvalue weighted by Gasteiger charge is 2.13. The third kappa shape index (κ3) is 4.76. The zero-order chi connectivity index (χ0) is 15.5. The Bertz CT molecular complexity index is 603. The van der Waals surface area contributed by atoms with E-state index >= 15 is 0 Å². The van der Waals surface area contributed by atoms with E-state index in [1.807, 2.05) is 31.2 Å². The highest BCUT2D eigenvalue weighted by Crippen LogP contribution is 2.29. The zero-order valence-corrected chi connectivity index (χ0v) is 13.6. The molecule has 1 N–H and O–H groups in total. The predicted molar refractivity (Wildman–Crippen MR) is 83.6 cm³/mol. The van der Waals surface area contributed by atoms with Crippen LogP contribution in [0.25, 0.3) is 0 Å². The van der Waals surface area contributed by atoms with Gasteiger partial charge in [-0.15, -0.1) is 0 Å². The van der Waals surface area contributed by atoms with Gasteiger partial charge in [-0.2, -0.15) is 0 Å². The molecule has 2 rings (SSSR count). The lowest BCUT2D eigenvalue weighted by atomic mass is 10.1. The Morgan fingerprint density at radius 1 is 1.33 bits per heavy atom. The number of rotatable bonds is 5. The summed E-state index contributed by atoms with van der Waals surface area (Å²) in [4.78, 5) is 0. The molecule has 21 heavy (non-hydrogen) atoms. The number of aromatic nitrogens is 1. The van der Waals surface area contributed by atoms with Crippen molar-refractivity contribution >= 4 is 11.6 Å². The first kappa shape index (κ1) is 15.9. The largest absolute Gasteiger partial charge is 0.485 e. The lowest BCUT2D eigenvalue weighted by molar-refractivity contribution is 0.283. The Hall–Kier alpha value is -1.52. The molecule has 0 bridgehead atoms.